The summed E-state index contributed by atoms with van der Waals surface area (Å²) in [6.45, 7) is 0.586. The highest BCUT2D eigenvalue weighted by atomic mass is 35.5. The summed E-state index contributed by atoms with van der Waals surface area (Å²) in [5.41, 5.74) is 7.79. The number of nitrogens with zero attached hydrogens (tertiary/aromatic N) is 2. The van der Waals surface area contributed by atoms with E-state index in [0.29, 0.717) is 12.1 Å². The number of hydrogen-bond acceptors (Lipinski definition) is 4. The van der Waals surface area contributed by atoms with Crippen LogP contribution in [0.4, 0.5) is 0 Å². The van der Waals surface area contributed by atoms with Gasteiger partial charge in [0, 0.05) is 23.0 Å². The van der Waals surface area contributed by atoms with E-state index in [0.717, 1.165) is 30.7 Å². The van der Waals surface area contributed by atoms with E-state index in [9.17, 15) is 4.79 Å². The topological polar surface area (TPSA) is 80.9 Å². The predicted octanol–water partition coefficient (Wildman–Crippen LogP) is 3.12. The Morgan fingerprint density at radius 1 is 1.28 bits per heavy atom. The van der Waals surface area contributed by atoms with Gasteiger partial charge in [0.1, 0.15) is 0 Å². The summed E-state index contributed by atoms with van der Waals surface area (Å²) in [4.78, 5) is 12.2. The quantitative estimate of drug-likeness (QED) is 0.853. The number of carbonyl (C=O) groups excluding carboxylic acids is 1. The molecule has 0 aliphatic heterocycles. The summed E-state index contributed by atoms with van der Waals surface area (Å²) in [7, 11) is 0. The number of amides is 1. The number of carbonyl (C=O) groups is 1. The molecule has 0 atom stereocenters. The van der Waals surface area contributed by atoms with Gasteiger partial charge >= 0.3 is 0 Å². The molecule has 5 nitrogen and oxygen atoms in total. The fourth-order valence-electron chi connectivity index (χ4n) is 3.44. The zero-order chi connectivity index (χ0) is 17.0. The Balaban J connectivity index is 0.00000225. The molecule has 3 rings (SSSR count). The zero-order valence-corrected chi connectivity index (χ0v) is 15.4. The van der Waals surface area contributed by atoms with Gasteiger partial charge in [-0.3, -0.25) is 4.79 Å². The van der Waals surface area contributed by atoms with Gasteiger partial charge in [-0.25, -0.2) is 0 Å². The van der Waals surface area contributed by atoms with E-state index in [-0.39, 0.29) is 29.8 Å². The third-order valence-electron chi connectivity index (χ3n) is 4.95. The normalized spacial score (nSPS) is 22.7. The maximum atomic E-state index is 12.2. The second kappa shape index (κ2) is 8.61. The summed E-state index contributed by atoms with van der Waals surface area (Å²) in [5, 5.41) is 11.3. The van der Waals surface area contributed by atoms with Crippen molar-refractivity contribution in [1.82, 2.24) is 15.5 Å². The van der Waals surface area contributed by atoms with Crippen LogP contribution in [0.15, 0.2) is 42.7 Å². The minimum absolute atomic E-state index is 0. The first-order valence-corrected chi connectivity index (χ1v) is 8.54. The van der Waals surface area contributed by atoms with Gasteiger partial charge in [-0.05, 0) is 49.4 Å². The lowest BCUT2D eigenvalue weighted by Crippen LogP contribution is -2.45. The van der Waals surface area contributed by atoms with Crippen LogP contribution in [0.5, 0.6) is 0 Å². The molecule has 1 aliphatic rings. The molecule has 1 aliphatic carbocycles. The van der Waals surface area contributed by atoms with Crippen LogP contribution < -0.4 is 11.1 Å². The van der Waals surface area contributed by atoms with E-state index in [1.54, 1.807) is 6.07 Å². The fraction of sp³-hybridized carbons (Fsp3) is 0.389. The van der Waals surface area contributed by atoms with Gasteiger partial charge in [0.05, 0.1) is 18.0 Å². The second-order valence-electron chi connectivity index (χ2n) is 6.37. The first-order chi connectivity index (χ1) is 11.6. The number of nitrogens with one attached hydrogen (secondary N) is 1. The third-order valence-corrected chi connectivity index (χ3v) is 5.19. The summed E-state index contributed by atoms with van der Waals surface area (Å²) < 4.78 is 0. The van der Waals surface area contributed by atoms with E-state index in [1.807, 2.05) is 18.2 Å². The van der Waals surface area contributed by atoms with Crippen LogP contribution in [0.3, 0.4) is 0 Å². The van der Waals surface area contributed by atoms with Crippen LogP contribution in [-0.4, -0.2) is 28.7 Å². The van der Waals surface area contributed by atoms with Gasteiger partial charge in [0.2, 0.25) is 0 Å². The smallest absolute Gasteiger partial charge is 0.253 e. The minimum atomic E-state index is -0.0992. The van der Waals surface area contributed by atoms with E-state index >= 15 is 0 Å². The van der Waals surface area contributed by atoms with Gasteiger partial charge in [-0.1, -0.05) is 23.7 Å². The van der Waals surface area contributed by atoms with Crippen LogP contribution >= 0.6 is 24.0 Å². The Bertz CT molecular complexity index is 703. The van der Waals surface area contributed by atoms with Gasteiger partial charge in [-0.15, -0.1) is 12.4 Å². The van der Waals surface area contributed by atoms with Crippen molar-refractivity contribution < 1.29 is 4.79 Å². The molecule has 2 aromatic rings. The van der Waals surface area contributed by atoms with E-state index in [4.69, 9.17) is 17.3 Å². The van der Waals surface area contributed by atoms with Crippen molar-refractivity contribution in [1.29, 1.82) is 0 Å². The van der Waals surface area contributed by atoms with Crippen LogP contribution in [0.25, 0.3) is 0 Å². The van der Waals surface area contributed by atoms with Crippen LogP contribution in [0, 0.1) is 0 Å². The molecule has 0 spiro atoms. The van der Waals surface area contributed by atoms with Crippen molar-refractivity contribution in [3.05, 3.63) is 58.9 Å². The molecule has 0 unspecified atom stereocenters. The van der Waals surface area contributed by atoms with Gasteiger partial charge in [0.25, 0.3) is 5.91 Å². The molecule has 1 heterocycles. The summed E-state index contributed by atoms with van der Waals surface area (Å²) in [6.07, 6.45) is 6.66. The van der Waals surface area contributed by atoms with Crippen molar-refractivity contribution in [3.8, 4) is 0 Å². The minimum Gasteiger partial charge on any atom is -0.349 e. The Labute approximate surface area is 158 Å². The number of aromatic nitrogens is 2. The standard InChI is InChI=1S/C18H21ClN4O.ClH/c19-15-3-1-2-14(10-15)18(12-20)7-4-16(5-8-18)23-17(24)13-6-9-21-22-11-13;/h1-3,6,9-11,16H,4-5,7-8,12,20H2,(H,23,24);1H. The first kappa shape index (κ1) is 19.6. The first-order valence-electron chi connectivity index (χ1n) is 8.17. The molecule has 1 saturated carbocycles. The van der Waals surface area contributed by atoms with Crippen molar-refractivity contribution in [2.75, 3.05) is 6.54 Å². The number of halogens is 2. The molecule has 3 N–H and O–H groups in total. The highest BCUT2D eigenvalue weighted by Crippen LogP contribution is 2.39. The second-order valence-corrected chi connectivity index (χ2v) is 6.81. The fourth-order valence-corrected chi connectivity index (χ4v) is 3.63. The van der Waals surface area contributed by atoms with Crippen LogP contribution in [0.2, 0.25) is 5.02 Å². The SMILES string of the molecule is Cl.NCC1(c2cccc(Cl)c2)CCC(NC(=O)c2ccnnc2)CC1. The zero-order valence-electron chi connectivity index (χ0n) is 13.8. The highest BCUT2D eigenvalue weighted by Gasteiger charge is 2.36. The van der Waals surface area contributed by atoms with E-state index < -0.39 is 0 Å². The summed E-state index contributed by atoms with van der Waals surface area (Å²) in [6, 6.07) is 9.78. The molecular weight excluding hydrogens is 359 g/mol. The van der Waals surface area contributed by atoms with Crippen LogP contribution in [0.1, 0.15) is 41.6 Å². The number of hydrogen-bond donors (Lipinski definition) is 2. The predicted molar refractivity (Wildman–Crippen MR) is 101 cm³/mol. The average molecular weight is 381 g/mol. The molecule has 1 amide bonds. The van der Waals surface area contributed by atoms with Crippen molar-refractivity contribution in [2.45, 2.75) is 37.1 Å². The molecule has 7 heteroatoms. The Kier molecular flexibility index (Phi) is 6.76. The lowest BCUT2D eigenvalue weighted by Gasteiger charge is -2.40. The number of rotatable bonds is 4. The Morgan fingerprint density at radius 3 is 2.64 bits per heavy atom. The van der Waals surface area contributed by atoms with E-state index in [1.165, 1.54) is 18.0 Å². The molecule has 0 radical (unpaired) electrons. The third kappa shape index (κ3) is 4.48. The maximum Gasteiger partial charge on any atom is 0.253 e. The molecule has 1 aromatic carbocycles. The molecular formula is C18H22Cl2N4O. The monoisotopic (exact) mass is 380 g/mol. The van der Waals surface area contributed by atoms with Gasteiger partial charge < -0.3 is 11.1 Å². The molecule has 0 bridgehead atoms. The lowest BCUT2D eigenvalue weighted by molar-refractivity contribution is 0.0917. The van der Waals surface area contributed by atoms with Crippen molar-refractivity contribution in [3.63, 3.8) is 0 Å². The Morgan fingerprint density at radius 2 is 2.04 bits per heavy atom. The van der Waals surface area contributed by atoms with Crippen molar-refractivity contribution in [2.24, 2.45) is 5.73 Å². The van der Waals surface area contributed by atoms with E-state index in [2.05, 4.69) is 21.6 Å². The lowest BCUT2D eigenvalue weighted by atomic mass is 9.68. The largest absolute Gasteiger partial charge is 0.349 e. The summed E-state index contributed by atoms with van der Waals surface area (Å²) in [5.74, 6) is -0.0992. The highest BCUT2D eigenvalue weighted by molar-refractivity contribution is 6.30. The molecule has 25 heavy (non-hydrogen) atoms. The molecule has 0 saturated heterocycles. The number of benzene rings is 1. The van der Waals surface area contributed by atoms with Crippen LogP contribution in [-0.2, 0) is 5.41 Å². The molecule has 1 aromatic heterocycles. The van der Waals surface area contributed by atoms with Gasteiger partial charge in [0.15, 0.2) is 0 Å². The molecule has 134 valence electrons. The average Bonchev–Trinajstić information content (AvgIpc) is 2.63. The maximum absolute atomic E-state index is 12.2. The summed E-state index contributed by atoms with van der Waals surface area (Å²) >= 11 is 6.14. The van der Waals surface area contributed by atoms with Crippen molar-refractivity contribution >= 4 is 29.9 Å². The molecule has 1 fully saturated rings. The Hall–Kier alpha value is -1.69. The number of nitrogens with two attached hydrogens (primary N) is 1. The van der Waals surface area contributed by atoms with Gasteiger partial charge in [-0.2, -0.15) is 10.2 Å².